The van der Waals surface area contributed by atoms with E-state index in [0.29, 0.717) is 6.54 Å². The van der Waals surface area contributed by atoms with Gasteiger partial charge in [0.1, 0.15) is 11.9 Å². The van der Waals surface area contributed by atoms with E-state index in [0.717, 1.165) is 12.0 Å². The monoisotopic (exact) mass is 209 g/mol. The summed E-state index contributed by atoms with van der Waals surface area (Å²) in [7, 11) is 0. The fraction of sp³-hybridized carbons (Fsp3) is 0.364. The van der Waals surface area contributed by atoms with Gasteiger partial charge < -0.3 is 10.4 Å². The number of hydrogen-bond donors (Lipinski definition) is 2. The van der Waals surface area contributed by atoms with Gasteiger partial charge in [-0.2, -0.15) is 0 Å². The second-order valence-corrected chi connectivity index (χ2v) is 3.72. The molecule has 0 saturated carbocycles. The molecule has 0 aliphatic carbocycles. The van der Waals surface area contributed by atoms with E-state index in [4.69, 9.17) is 5.11 Å². The van der Waals surface area contributed by atoms with E-state index in [1.54, 1.807) is 12.1 Å². The summed E-state index contributed by atoms with van der Waals surface area (Å²) in [5, 5.41) is 11.9. The van der Waals surface area contributed by atoms with Crippen molar-refractivity contribution in [2.75, 3.05) is 6.54 Å². The van der Waals surface area contributed by atoms with Crippen LogP contribution >= 0.6 is 0 Å². The highest BCUT2D eigenvalue weighted by molar-refractivity contribution is 5.75. The van der Waals surface area contributed by atoms with E-state index in [1.807, 2.05) is 0 Å². The van der Waals surface area contributed by atoms with Crippen molar-refractivity contribution in [3.05, 3.63) is 35.6 Å². The van der Waals surface area contributed by atoms with Gasteiger partial charge in [-0.25, -0.2) is 4.39 Å². The SMILES string of the molecule is O=C(O)[C@@H]1NCC[C@@H]1c1cccc(F)c1. The van der Waals surface area contributed by atoms with Gasteiger partial charge in [0.15, 0.2) is 0 Å². The predicted molar refractivity (Wildman–Crippen MR) is 53.2 cm³/mol. The summed E-state index contributed by atoms with van der Waals surface area (Å²) in [4.78, 5) is 10.9. The van der Waals surface area contributed by atoms with Crippen LogP contribution in [0.2, 0.25) is 0 Å². The van der Waals surface area contributed by atoms with Crippen molar-refractivity contribution in [3.63, 3.8) is 0 Å². The topological polar surface area (TPSA) is 49.3 Å². The first-order valence-electron chi connectivity index (χ1n) is 4.90. The second-order valence-electron chi connectivity index (χ2n) is 3.72. The Balaban J connectivity index is 2.26. The third kappa shape index (κ3) is 1.99. The molecule has 0 bridgehead atoms. The van der Waals surface area contributed by atoms with Crippen molar-refractivity contribution in [2.45, 2.75) is 18.4 Å². The Morgan fingerprint density at radius 2 is 2.33 bits per heavy atom. The van der Waals surface area contributed by atoms with Crippen molar-refractivity contribution in [1.29, 1.82) is 0 Å². The van der Waals surface area contributed by atoms with Crippen LogP contribution in [0.3, 0.4) is 0 Å². The van der Waals surface area contributed by atoms with Crippen LogP contribution in [0.25, 0.3) is 0 Å². The van der Waals surface area contributed by atoms with Crippen molar-refractivity contribution in [2.24, 2.45) is 0 Å². The van der Waals surface area contributed by atoms with Gasteiger partial charge >= 0.3 is 5.97 Å². The average molecular weight is 209 g/mol. The Labute approximate surface area is 86.9 Å². The molecule has 1 fully saturated rings. The Kier molecular flexibility index (Phi) is 2.68. The minimum atomic E-state index is -0.873. The van der Waals surface area contributed by atoms with Gasteiger partial charge in [-0.3, -0.25) is 4.79 Å². The fourth-order valence-corrected chi connectivity index (χ4v) is 2.06. The van der Waals surface area contributed by atoms with E-state index in [9.17, 15) is 9.18 Å². The van der Waals surface area contributed by atoms with Gasteiger partial charge in [-0.15, -0.1) is 0 Å². The number of benzene rings is 1. The molecule has 2 N–H and O–H groups in total. The van der Waals surface area contributed by atoms with Crippen LogP contribution in [0, 0.1) is 5.82 Å². The largest absolute Gasteiger partial charge is 0.480 e. The summed E-state index contributed by atoms with van der Waals surface area (Å²) in [6.07, 6.45) is 0.737. The van der Waals surface area contributed by atoms with Crippen LogP contribution in [0.1, 0.15) is 17.9 Å². The zero-order valence-electron chi connectivity index (χ0n) is 8.11. The highest BCUT2D eigenvalue weighted by atomic mass is 19.1. The Bertz CT molecular complexity index is 381. The summed E-state index contributed by atoms with van der Waals surface area (Å²) in [5.41, 5.74) is 0.757. The summed E-state index contributed by atoms with van der Waals surface area (Å²) in [6, 6.07) is 5.57. The molecule has 1 heterocycles. The van der Waals surface area contributed by atoms with Crippen molar-refractivity contribution in [1.82, 2.24) is 5.32 Å². The minimum Gasteiger partial charge on any atom is -0.480 e. The van der Waals surface area contributed by atoms with Crippen molar-refractivity contribution in [3.8, 4) is 0 Å². The third-order valence-electron chi connectivity index (χ3n) is 2.76. The highest BCUT2D eigenvalue weighted by Gasteiger charge is 2.33. The first kappa shape index (κ1) is 10.1. The quantitative estimate of drug-likeness (QED) is 0.773. The molecule has 80 valence electrons. The van der Waals surface area contributed by atoms with Crippen LogP contribution in [-0.4, -0.2) is 23.7 Å². The van der Waals surface area contributed by atoms with Gasteiger partial charge in [-0.05, 0) is 30.7 Å². The number of carboxylic acid groups (broad SMARTS) is 1. The number of carbonyl (C=O) groups is 1. The molecule has 0 radical (unpaired) electrons. The summed E-state index contributed by atoms with van der Waals surface area (Å²) in [6.45, 7) is 0.665. The Morgan fingerprint density at radius 3 is 3.00 bits per heavy atom. The molecule has 1 aromatic carbocycles. The number of nitrogens with one attached hydrogen (secondary N) is 1. The maximum Gasteiger partial charge on any atom is 0.321 e. The number of rotatable bonds is 2. The summed E-state index contributed by atoms with van der Waals surface area (Å²) >= 11 is 0. The number of aliphatic carboxylic acids is 1. The molecule has 15 heavy (non-hydrogen) atoms. The number of halogens is 1. The Morgan fingerprint density at radius 1 is 1.53 bits per heavy atom. The zero-order valence-corrected chi connectivity index (χ0v) is 8.11. The van der Waals surface area contributed by atoms with E-state index >= 15 is 0 Å². The average Bonchev–Trinajstić information content (AvgIpc) is 2.65. The predicted octanol–water partition coefficient (Wildman–Crippen LogP) is 1.36. The van der Waals surface area contributed by atoms with Crippen molar-refractivity contribution >= 4 is 5.97 Å². The standard InChI is InChI=1S/C11H12FNO2/c12-8-3-1-2-7(6-8)9-4-5-13-10(9)11(14)15/h1-3,6,9-10,13H,4-5H2,(H,14,15)/t9-,10-/m1/s1. The lowest BCUT2D eigenvalue weighted by atomic mass is 9.92. The minimum absolute atomic E-state index is 0.127. The molecule has 0 spiro atoms. The van der Waals surface area contributed by atoms with E-state index in [2.05, 4.69) is 5.32 Å². The number of hydrogen-bond acceptors (Lipinski definition) is 2. The van der Waals surface area contributed by atoms with Gasteiger partial charge in [0, 0.05) is 5.92 Å². The second kappa shape index (κ2) is 3.98. The smallest absolute Gasteiger partial charge is 0.321 e. The molecule has 0 unspecified atom stereocenters. The zero-order chi connectivity index (χ0) is 10.8. The van der Waals surface area contributed by atoms with Gasteiger partial charge in [0.25, 0.3) is 0 Å². The van der Waals surface area contributed by atoms with E-state index in [1.165, 1.54) is 12.1 Å². The lowest BCUT2D eigenvalue weighted by Gasteiger charge is -2.15. The van der Waals surface area contributed by atoms with Gasteiger partial charge in [-0.1, -0.05) is 12.1 Å². The summed E-state index contributed by atoms with van der Waals surface area (Å²) < 4.78 is 13.0. The van der Waals surface area contributed by atoms with Crippen LogP contribution in [0.15, 0.2) is 24.3 Å². The third-order valence-corrected chi connectivity index (χ3v) is 2.76. The van der Waals surface area contributed by atoms with Gasteiger partial charge in [0.2, 0.25) is 0 Å². The van der Waals surface area contributed by atoms with Crippen LogP contribution < -0.4 is 5.32 Å². The molecular weight excluding hydrogens is 197 g/mol. The number of carboxylic acids is 1. The molecule has 2 atom stereocenters. The first-order chi connectivity index (χ1) is 7.18. The van der Waals surface area contributed by atoms with Gasteiger partial charge in [0.05, 0.1) is 0 Å². The van der Waals surface area contributed by atoms with Crippen LogP contribution in [0.5, 0.6) is 0 Å². The van der Waals surface area contributed by atoms with E-state index in [-0.39, 0.29) is 11.7 Å². The van der Waals surface area contributed by atoms with Crippen LogP contribution in [0.4, 0.5) is 4.39 Å². The fourth-order valence-electron chi connectivity index (χ4n) is 2.06. The highest BCUT2D eigenvalue weighted by Crippen LogP contribution is 2.28. The van der Waals surface area contributed by atoms with Crippen molar-refractivity contribution < 1.29 is 14.3 Å². The van der Waals surface area contributed by atoms with E-state index < -0.39 is 12.0 Å². The molecule has 1 aliphatic rings. The molecule has 1 saturated heterocycles. The lowest BCUT2D eigenvalue weighted by molar-refractivity contribution is -0.139. The molecule has 1 aliphatic heterocycles. The molecule has 1 aromatic rings. The summed E-state index contributed by atoms with van der Waals surface area (Å²) in [5.74, 6) is -1.32. The normalized spacial score (nSPS) is 25.4. The lowest BCUT2D eigenvalue weighted by Crippen LogP contribution is -2.34. The molecular formula is C11H12FNO2. The molecule has 0 aromatic heterocycles. The molecule has 2 rings (SSSR count). The molecule has 0 amide bonds. The molecule has 4 heteroatoms. The molecule has 3 nitrogen and oxygen atoms in total. The van der Waals surface area contributed by atoms with Crippen LogP contribution in [-0.2, 0) is 4.79 Å². The Hall–Kier alpha value is -1.42. The first-order valence-corrected chi connectivity index (χ1v) is 4.90. The maximum atomic E-state index is 13.0. The maximum absolute atomic E-state index is 13.0.